The fraction of sp³-hybridized carbons (Fsp3) is 0.333. The van der Waals surface area contributed by atoms with Gasteiger partial charge in [-0.1, -0.05) is 0 Å². The van der Waals surface area contributed by atoms with E-state index in [2.05, 4.69) is 10.5 Å². The SMILES string of the molecule is CCn1nc(C(=O)NN)c2cc(OC)c(OC)cc21. The fourth-order valence-electron chi connectivity index (χ4n) is 1.98. The summed E-state index contributed by atoms with van der Waals surface area (Å²) in [4.78, 5) is 11.7. The van der Waals surface area contributed by atoms with Crippen LogP contribution in [0, 0.1) is 0 Å². The number of hydrazine groups is 1. The summed E-state index contributed by atoms with van der Waals surface area (Å²) in [7, 11) is 3.10. The predicted molar refractivity (Wildman–Crippen MR) is 70.2 cm³/mol. The second-order valence-electron chi connectivity index (χ2n) is 3.86. The molecule has 0 radical (unpaired) electrons. The average molecular weight is 264 g/mol. The summed E-state index contributed by atoms with van der Waals surface area (Å²) in [6, 6.07) is 3.51. The summed E-state index contributed by atoms with van der Waals surface area (Å²) in [5, 5.41) is 4.91. The Bertz CT molecular complexity index is 621. The molecule has 0 bridgehead atoms. The Morgan fingerprint density at radius 2 is 2.00 bits per heavy atom. The molecular weight excluding hydrogens is 248 g/mol. The number of amides is 1. The monoisotopic (exact) mass is 264 g/mol. The summed E-state index contributed by atoms with van der Waals surface area (Å²) in [6.45, 7) is 2.57. The molecule has 1 amide bonds. The van der Waals surface area contributed by atoms with Crippen molar-refractivity contribution in [3.63, 3.8) is 0 Å². The summed E-state index contributed by atoms with van der Waals surface area (Å²) < 4.78 is 12.2. The zero-order valence-corrected chi connectivity index (χ0v) is 11.1. The molecule has 1 aromatic carbocycles. The summed E-state index contributed by atoms with van der Waals surface area (Å²) in [5.41, 5.74) is 3.14. The Morgan fingerprint density at radius 3 is 2.53 bits per heavy atom. The van der Waals surface area contributed by atoms with Crippen LogP contribution >= 0.6 is 0 Å². The number of benzene rings is 1. The lowest BCUT2D eigenvalue weighted by atomic mass is 10.2. The molecule has 0 saturated carbocycles. The van der Waals surface area contributed by atoms with Gasteiger partial charge in [-0.05, 0) is 13.0 Å². The maximum atomic E-state index is 11.7. The van der Waals surface area contributed by atoms with Crippen molar-refractivity contribution in [2.24, 2.45) is 5.84 Å². The van der Waals surface area contributed by atoms with Gasteiger partial charge in [0.15, 0.2) is 17.2 Å². The highest BCUT2D eigenvalue weighted by Crippen LogP contribution is 2.33. The van der Waals surface area contributed by atoms with Crippen molar-refractivity contribution < 1.29 is 14.3 Å². The van der Waals surface area contributed by atoms with Crippen LogP contribution in [0.15, 0.2) is 12.1 Å². The van der Waals surface area contributed by atoms with Crippen LogP contribution in [0.2, 0.25) is 0 Å². The summed E-state index contributed by atoms with van der Waals surface area (Å²) in [5.74, 6) is 5.85. The predicted octanol–water partition coefficient (Wildman–Crippen LogP) is 0.677. The number of nitrogen functional groups attached to an aromatic ring is 1. The number of carbonyl (C=O) groups is 1. The zero-order valence-electron chi connectivity index (χ0n) is 11.1. The quantitative estimate of drug-likeness (QED) is 0.481. The van der Waals surface area contributed by atoms with E-state index in [1.807, 2.05) is 6.92 Å². The number of methoxy groups -OCH3 is 2. The summed E-state index contributed by atoms with van der Waals surface area (Å²) in [6.07, 6.45) is 0. The molecule has 3 N–H and O–H groups in total. The van der Waals surface area contributed by atoms with E-state index in [9.17, 15) is 4.79 Å². The largest absolute Gasteiger partial charge is 0.493 e. The standard InChI is InChI=1S/C12H16N4O3/c1-4-16-8-6-10(19-3)9(18-2)5-7(8)11(15-16)12(17)14-13/h5-6H,4,13H2,1-3H3,(H,14,17). The van der Waals surface area contributed by atoms with Crippen molar-refractivity contribution in [2.75, 3.05) is 14.2 Å². The van der Waals surface area contributed by atoms with Gasteiger partial charge in [-0.3, -0.25) is 14.9 Å². The van der Waals surface area contributed by atoms with Crippen molar-refractivity contribution in [2.45, 2.75) is 13.5 Å². The molecule has 0 aliphatic carbocycles. The molecule has 0 aliphatic rings. The molecule has 1 heterocycles. The molecule has 7 heteroatoms. The second kappa shape index (κ2) is 5.15. The molecule has 102 valence electrons. The Hall–Kier alpha value is -2.28. The number of nitrogens with one attached hydrogen (secondary N) is 1. The first kappa shape index (κ1) is 13.2. The van der Waals surface area contributed by atoms with E-state index in [4.69, 9.17) is 15.3 Å². The molecule has 0 unspecified atom stereocenters. The number of nitrogens with two attached hydrogens (primary N) is 1. The molecule has 2 aromatic rings. The first-order valence-corrected chi connectivity index (χ1v) is 5.79. The van der Waals surface area contributed by atoms with Gasteiger partial charge in [0, 0.05) is 18.0 Å². The Labute approximate surface area is 110 Å². The van der Waals surface area contributed by atoms with Gasteiger partial charge in [0.25, 0.3) is 5.91 Å². The Kier molecular flexibility index (Phi) is 3.57. The van der Waals surface area contributed by atoms with Crippen molar-refractivity contribution >= 4 is 16.8 Å². The molecule has 0 aliphatic heterocycles. The summed E-state index contributed by atoms with van der Waals surface area (Å²) >= 11 is 0. The fourth-order valence-corrected chi connectivity index (χ4v) is 1.98. The van der Waals surface area contributed by atoms with Gasteiger partial charge in [0.2, 0.25) is 0 Å². The van der Waals surface area contributed by atoms with E-state index in [0.717, 1.165) is 5.52 Å². The first-order valence-electron chi connectivity index (χ1n) is 5.79. The first-order chi connectivity index (χ1) is 9.15. The van der Waals surface area contributed by atoms with Gasteiger partial charge in [-0.15, -0.1) is 0 Å². The van der Waals surface area contributed by atoms with E-state index in [1.54, 1.807) is 23.9 Å². The maximum absolute atomic E-state index is 11.7. The third-order valence-electron chi connectivity index (χ3n) is 2.90. The highest BCUT2D eigenvalue weighted by molar-refractivity contribution is 6.05. The van der Waals surface area contributed by atoms with Crippen LogP contribution in [-0.2, 0) is 6.54 Å². The van der Waals surface area contributed by atoms with Crippen molar-refractivity contribution in [1.82, 2.24) is 15.2 Å². The molecule has 2 rings (SSSR count). The van der Waals surface area contributed by atoms with Crippen LogP contribution in [0.25, 0.3) is 10.9 Å². The van der Waals surface area contributed by atoms with Crippen LogP contribution in [0.1, 0.15) is 17.4 Å². The van der Waals surface area contributed by atoms with Crippen LogP contribution in [0.4, 0.5) is 0 Å². The maximum Gasteiger partial charge on any atom is 0.286 e. The van der Waals surface area contributed by atoms with Crippen LogP contribution in [-0.4, -0.2) is 29.9 Å². The third kappa shape index (κ3) is 2.08. The zero-order chi connectivity index (χ0) is 14.0. The van der Waals surface area contributed by atoms with Crippen LogP contribution in [0.5, 0.6) is 11.5 Å². The van der Waals surface area contributed by atoms with Crippen molar-refractivity contribution in [3.05, 3.63) is 17.8 Å². The van der Waals surface area contributed by atoms with Crippen molar-refractivity contribution in [3.8, 4) is 11.5 Å². The Morgan fingerprint density at radius 1 is 1.37 bits per heavy atom. The minimum Gasteiger partial charge on any atom is -0.493 e. The molecule has 7 nitrogen and oxygen atoms in total. The highest BCUT2D eigenvalue weighted by atomic mass is 16.5. The second-order valence-corrected chi connectivity index (χ2v) is 3.86. The van der Waals surface area contributed by atoms with Crippen molar-refractivity contribution in [1.29, 1.82) is 0 Å². The molecule has 0 fully saturated rings. The van der Waals surface area contributed by atoms with Gasteiger partial charge in [-0.25, -0.2) is 5.84 Å². The normalized spacial score (nSPS) is 10.5. The smallest absolute Gasteiger partial charge is 0.286 e. The lowest BCUT2D eigenvalue weighted by molar-refractivity contribution is 0.0949. The number of nitrogens with zero attached hydrogens (tertiary/aromatic N) is 2. The number of ether oxygens (including phenoxy) is 2. The number of rotatable bonds is 4. The molecular formula is C12H16N4O3. The minimum atomic E-state index is -0.440. The van der Waals surface area contributed by atoms with Crippen LogP contribution < -0.4 is 20.7 Å². The van der Waals surface area contributed by atoms with Gasteiger partial charge >= 0.3 is 0 Å². The molecule has 19 heavy (non-hydrogen) atoms. The number of carbonyl (C=O) groups excluding carboxylic acids is 1. The molecule has 0 atom stereocenters. The van der Waals surface area contributed by atoms with E-state index in [1.165, 1.54) is 7.11 Å². The van der Waals surface area contributed by atoms with Gasteiger partial charge in [-0.2, -0.15) is 5.10 Å². The topological polar surface area (TPSA) is 91.4 Å². The van der Waals surface area contributed by atoms with Gasteiger partial charge in [0.05, 0.1) is 19.7 Å². The number of fused-ring (bicyclic) bond motifs is 1. The van der Waals surface area contributed by atoms with Gasteiger partial charge < -0.3 is 9.47 Å². The number of aryl methyl sites for hydroxylation is 1. The lowest BCUT2D eigenvalue weighted by Gasteiger charge is -2.08. The van der Waals surface area contributed by atoms with E-state index >= 15 is 0 Å². The highest BCUT2D eigenvalue weighted by Gasteiger charge is 2.19. The average Bonchev–Trinajstić information content (AvgIpc) is 2.82. The third-order valence-corrected chi connectivity index (χ3v) is 2.90. The Balaban J connectivity index is 2.76. The van der Waals surface area contributed by atoms with E-state index in [0.29, 0.717) is 23.4 Å². The number of hydrogen-bond donors (Lipinski definition) is 2. The van der Waals surface area contributed by atoms with E-state index in [-0.39, 0.29) is 5.69 Å². The molecule has 1 aromatic heterocycles. The number of hydrogen-bond acceptors (Lipinski definition) is 5. The molecule has 0 saturated heterocycles. The minimum absolute atomic E-state index is 0.264. The van der Waals surface area contributed by atoms with Gasteiger partial charge in [0.1, 0.15) is 0 Å². The number of aromatic nitrogens is 2. The van der Waals surface area contributed by atoms with Crippen LogP contribution in [0.3, 0.4) is 0 Å². The molecule has 0 spiro atoms. The lowest BCUT2D eigenvalue weighted by Crippen LogP contribution is -2.30. The van der Waals surface area contributed by atoms with E-state index < -0.39 is 5.91 Å².